The number of rotatable bonds is 8. The number of amides is 1. The van der Waals surface area contributed by atoms with Gasteiger partial charge >= 0.3 is 0 Å². The molecule has 174 valence electrons. The van der Waals surface area contributed by atoms with E-state index in [1.165, 1.54) is 18.2 Å². The summed E-state index contributed by atoms with van der Waals surface area (Å²) in [5.41, 5.74) is 1.79. The van der Waals surface area contributed by atoms with Crippen LogP contribution in [0.4, 0.5) is 5.69 Å². The lowest BCUT2D eigenvalue weighted by Gasteiger charge is -2.26. The van der Waals surface area contributed by atoms with E-state index in [-0.39, 0.29) is 20.6 Å². The number of carbonyl (C=O) groups is 1. The zero-order valence-electron chi connectivity index (χ0n) is 18.4. The summed E-state index contributed by atoms with van der Waals surface area (Å²) in [5, 5.41) is 3.06. The normalized spacial score (nSPS) is 12.2. The largest absolute Gasteiger partial charge is 0.496 e. The van der Waals surface area contributed by atoms with Gasteiger partial charge in [-0.05, 0) is 44.2 Å². The van der Waals surface area contributed by atoms with Gasteiger partial charge in [-0.2, -0.15) is 0 Å². The third-order valence-corrected chi connectivity index (χ3v) is 7.66. The molecule has 0 saturated carbocycles. The molecule has 3 rings (SSSR count). The summed E-state index contributed by atoms with van der Waals surface area (Å²) in [6.45, 7) is 3.16. The maximum Gasteiger partial charge on any atom is 0.264 e. The molecule has 1 atom stereocenters. The Balaban J connectivity index is 1.95. The SMILES string of the molecule is COc1ccccc1[C@@H](C)NC(=O)CN(c1cccc(Cl)c1Cl)S(=O)(=O)c1ccc(C)cc1. The predicted molar refractivity (Wildman–Crippen MR) is 132 cm³/mol. The minimum Gasteiger partial charge on any atom is -0.496 e. The molecule has 6 nitrogen and oxygen atoms in total. The number of halogens is 2. The summed E-state index contributed by atoms with van der Waals surface area (Å²) in [6.07, 6.45) is 0. The van der Waals surface area contributed by atoms with Gasteiger partial charge in [-0.15, -0.1) is 0 Å². The van der Waals surface area contributed by atoms with Crippen LogP contribution in [0.5, 0.6) is 5.75 Å². The van der Waals surface area contributed by atoms with Crippen molar-refractivity contribution in [2.75, 3.05) is 18.0 Å². The van der Waals surface area contributed by atoms with Gasteiger partial charge in [-0.1, -0.05) is 65.2 Å². The van der Waals surface area contributed by atoms with Crippen LogP contribution in [0.2, 0.25) is 10.0 Å². The van der Waals surface area contributed by atoms with Crippen LogP contribution >= 0.6 is 23.2 Å². The number of anilines is 1. The number of hydrogen-bond acceptors (Lipinski definition) is 4. The Hall–Kier alpha value is -2.74. The number of nitrogens with zero attached hydrogens (tertiary/aromatic N) is 1. The van der Waals surface area contributed by atoms with E-state index in [0.717, 1.165) is 15.4 Å². The molecule has 9 heteroatoms. The Kier molecular flexibility index (Phi) is 7.89. The van der Waals surface area contributed by atoms with E-state index in [2.05, 4.69) is 5.32 Å². The smallest absolute Gasteiger partial charge is 0.264 e. The number of nitrogens with one attached hydrogen (secondary N) is 1. The van der Waals surface area contributed by atoms with Crippen molar-refractivity contribution in [3.8, 4) is 5.75 Å². The minimum atomic E-state index is -4.11. The number of ether oxygens (including phenoxy) is 1. The van der Waals surface area contributed by atoms with Crippen molar-refractivity contribution in [2.24, 2.45) is 0 Å². The average Bonchev–Trinajstić information content (AvgIpc) is 2.79. The monoisotopic (exact) mass is 506 g/mol. The first-order valence-corrected chi connectivity index (χ1v) is 12.3. The number of carbonyl (C=O) groups excluding carboxylic acids is 1. The summed E-state index contributed by atoms with van der Waals surface area (Å²) in [6, 6.07) is 17.9. The third kappa shape index (κ3) is 5.61. The maximum atomic E-state index is 13.5. The molecule has 0 aliphatic heterocycles. The standard InChI is InChI=1S/C24H24Cl2N2O4S/c1-16-11-13-18(14-12-16)33(30,31)28(21-9-6-8-20(25)24(21)26)15-23(29)27-17(2)19-7-4-5-10-22(19)32-3/h4-14,17H,15H2,1-3H3,(H,27,29)/t17-/m1/s1. The zero-order chi connectivity index (χ0) is 24.2. The summed E-state index contributed by atoms with van der Waals surface area (Å²) in [5.74, 6) is 0.104. The molecule has 3 aromatic rings. The Bertz CT molecular complexity index is 1250. The van der Waals surface area contributed by atoms with Gasteiger partial charge < -0.3 is 10.1 Å². The van der Waals surface area contributed by atoms with Crippen LogP contribution in [0, 0.1) is 6.92 Å². The lowest BCUT2D eigenvalue weighted by molar-refractivity contribution is -0.120. The van der Waals surface area contributed by atoms with E-state index >= 15 is 0 Å². The van der Waals surface area contributed by atoms with Crippen LogP contribution in [-0.2, 0) is 14.8 Å². The molecule has 0 unspecified atom stereocenters. The fourth-order valence-electron chi connectivity index (χ4n) is 3.34. The zero-order valence-corrected chi connectivity index (χ0v) is 20.7. The lowest BCUT2D eigenvalue weighted by Crippen LogP contribution is -2.41. The molecular formula is C24H24Cl2N2O4S. The van der Waals surface area contributed by atoms with Gasteiger partial charge in [0.25, 0.3) is 10.0 Å². The number of aryl methyl sites for hydroxylation is 1. The molecule has 0 aromatic heterocycles. The van der Waals surface area contributed by atoms with Crippen LogP contribution in [0.1, 0.15) is 24.1 Å². The van der Waals surface area contributed by atoms with Gasteiger partial charge in [0.2, 0.25) is 5.91 Å². The third-order valence-electron chi connectivity index (χ3n) is 5.08. The summed E-state index contributed by atoms with van der Waals surface area (Å²) < 4.78 is 33.4. The molecule has 1 amide bonds. The van der Waals surface area contributed by atoms with Crippen molar-refractivity contribution in [2.45, 2.75) is 24.8 Å². The fraction of sp³-hybridized carbons (Fsp3) is 0.208. The molecule has 0 aliphatic carbocycles. The molecule has 0 bridgehead atoms. The number of sulfonamides is 1. The number of benzene rings is 3. The lowest BCUT2D eigenvalue weighted by atomic mass is 10.1. The predicted octanol–water partition coefficient (Wildman–Crippen LogP) is 5.38. The van der Waals surface area contributed by atoms with Gasteiger partial charge in [-0.3, -0.25) is 9.10 Å². The molecular weight excluding hydrogens is 483 g/mol. The number of para-hydroxylation sites is 1. The Morgan fingerprint density at radius 2 is 1.70 bits per heavy atom. The molecule has 0 saturated heterocycles. The highest BCUT2D eigenvalue weighted by Gasteiger charge is 2.30. The van der Waals surface area contributed by atoms with E-state index in [1.54, 1.807) is 44.4 Å². The Labute approximate surface area is 204 Å². The van der Waals surface area contributed by atoms with E-state index in [1.807, 2.05) is 25.1 Å². The first-order chi connectivity index (χ1) is 15.6. The van der Waals surface area contributed by atoms with E-state index in [0.29, 0.717) is 5.75 Å². The van der Waals surface area contributed by atoms with Crippen molar-refractivity contribution in [1.82, 2.24) is 5.32 Å². The van der Waals surface area contributed by atoms with Crippen LogP contribution in [0.3, 0.4) is 0 Å². The molecule has 0 aliphatic rings. The first-order valence-electron chi connectivity index (χ1n) is 10.1. The van der Waals surface area contributed by atoms with Crippen molar-refractivity contribution in [3.05, 3.63) is 87.9 Å². The van der Waals surface area contributed by atoms with E-state index < -0.39 is 28.5 Å². The summed E-state index contributed by atoms with van der Waals surface area (Å²) in [7, 11) is -2.57. The summed E-state index contributed by atoms with van der Waals surface area (Å²) in [4.78, 5) is 13.0. The van der Waals surface area contributed by atoms with E-state index in [4.69, 9.17) is 27.9 Å². The van der Waals surface area contributed by atoms with Crippen LogP contribution < -0.4 is 14.4 Å². The number of hydrogen-bond donors (Lipinski definition) is 1. The van der Waals surface area contributed by atoms with Crippen molar-refractivity contribution >= 4 is 44.8 Å². The quantitative estimate of drug-likeness (QED) is 0.444. The fourth-order valence-corrected chi connectivity index (χ4v) is 5.22. The average molecular weight is 507 g/mol. The molecule has 0 heterocycles. The molecule has 0 fully saturated rings. The minimum absolute atomic E-state index is 0.0368. The van der Waals surface area contributed by atoms with Crippen molar-refractivity contribution in [3.63, 3.8) is 0 Å². The molecule has 0 spiro atoms. The van der Waals surface area contributed by atoms with Crippen LogP contribution in [0.25, 0.3) is 0 Å². The van der Waals surface area contributed by atoms with Gasteiger partial charge in [0.1, 0.15) is 12.3 Å². The van der Waals surface area contributed by atoms with E-state index in [9.17, 15) is 13.2 Å². The van der Waals surface area contributed by atoms with Gasteiger partial charge in [0.05, 0.1) is 33.8 Å². The molecule has 3 aromatic carbocycles. The van der Waals surface area contributed by atoms with Gasteiger partial charge in [0.15, 0.2) is 0 Å². The maximum absolute atomic E-state index is 13.5. The Morgan fingerprint density at radius 3 is 2.36 bits per heavy atom. The Morgan fingerprint density at radius 1 is 1.03 bits per heavy atom. The highest BCUT2D eigenvalue weighted by molar-refractivity contribution is 7.92. The second kappa shape index (κ2) is 10.5. The second-order valence-corrected chi connectivity index (χ2v) is 10.1. The van der Waals surface area contributed by atoms with Crippen molar-refractivity contribution in [1.29, 1.82) is 0 Å². The van der Waals surface area contributed by atoms with Gasteiger partial charge in [0, 0.05) is 5.56 Å². The molecule has 0 radical (unpaired) electrons. The number of methoxy groups -OCH3 is 1. The second-order valence-electron chi connectivity index (χ2n) is 7.43. The first kappa shape index (κ1) is 24.9. The van der Waals surface area contributed by atoms with Crippen molar-refractivity contribution < 1.29 is 17.9 Å². The topological polar surface area (TPSA) is 75.7 Å². The highest BCUT2D eigenvalue weighted by Crippen LogP contribution is 2.35. The molecule has 1 N–H and O–H groups in total. The molecule has 33 heavy (non-hydrogen) atoms. The van der Waals surface area contributed by atoms with Crippen LogP contribution in [-0.4, -0.2) is 28.0 Å². The summed E-state index contributed by atoms with van der Waals surface area (Å²) >= 11 is 12.5. The highest BCUT2D eigenvalue weighted by atomic mass is 35.5. The van der Waals surface area contributed by atoms with Crippen LogP contribution in [0.15, 0.2) is 71.6 Å². The van der Waals surface area contributed by atoms with Gasteiger partial charge in [-0.25, -0.2) is 8.42 Å².